The smallest absolute Gasteiger partial charge is 0.255 e. The van der Waals surface area contributed by atoms with Crippen molar-refractivity contribution in [3.05, 3.63) is 66.2 Å². The molecule has 0 aliphatic heterocycles. The van der Waals surface area contributed by atoms with Crippen molar-refractivity contribution in [3.8, 4) is 0 Å². The van der Waals surface area contributed by atoms with Crippen LogP contribution < -0.4 is 5.32 Å². The Labute approximate surface area is 132 Å². The fourth-order valence-corrected chi connectivity index (χ4v) is 2.58. The van der Waals surface area contributed by atoms with Gasteiger partial charge in [0.25, 0.3) is 5.91 Å². The lowest BCUT2D eigenvalue weighted by atomic mass is 10.1. The van der Waals surface area contributed by atoms with Crippen molar-refractivity contribution in [2.75, 3.05) is 5.32 Å². The van der Waals surface area contributed by atoms with Crippen LogP contribution in [0.3, 0.4) is 0 Å². The minimum absolute atomic E-state index is 0.209. The second kappa shape index (κ2) is 5.21. The van der Waals surface area contributed by atoms with E-state index in [1.54, 1.807) is 31.3 Å². The predicted octanol–water partition coefficient (Wildman–Crippen LogP) is 3.94. The van der Waals surface area contributed by atoms with Crippen LogP contribution in [0.5, 0.6) is 0 Å². The first kappa shape index (κ1) is 13.5. The van der Waals surface area contributed by atoms with Crippen molar-refractivity contribution in [1.82, 2.24) is 9.97 Å². The number of benzene rings is 2. The normalized spacial score (nSPS) is 11.0. The Morgan fingerprint density at radius 3 is 2.91 bits per heavy atom. The summed E-state index contributed by atoms with van der Waals surface area (Å²) in [6.45, 7) is 1.78. The van der Waals surface area contributed by atoms with E-state index in [4.69, 9.17) is 4.42 Å². The maximum absolute atomic E-state index is 12.5. The molecule has 4 aromatic rings. The molecule has 0 atom stereocenters. The third kappa shape index (κ3) is 2.42. The van der Waals surface area contributed by atoms with E-state index in [-0.39, 0.29) is 5.91 Å². The molecular weight excluding hydrogens is 290 g/mol. The lowest BCUT2D eigenvalue weighted by Crippen LogP contribution is -2.12. The van der Waals surface area contributed by atoms with Crippen molar-refractivity contribution in [2.45, 2.75) is 6.92 Å². The minimum atomic E-state index is -0.209. The average Bonchev–Trinajstić information content (AvgIpc) is 2.94. The summed E-state index contributed by atoms with van der Waals surface area (Å²) in [5, 5.41) is 3.89. The third-order valence-electron chi connectivity index (χ3n) is 3.64. The number of nitrogens with one attached hydrogen (secondary N) is 1. The van der Waals surface area contributed by atoms with Gasteiger partial charge in [0.1, 0.15) is 5.52 Å². The minimum Gasteiger partial charge on any atom is -0.441 e. The van der Waals surface area contributed by atoms with E-state index >= 15 is 0 Å². The van der Waals surface area contributed by atoms with Crippen molar-refractivity contribution >= 4 is 33.6 Å². The number of amides is 1. The molecule has 0 fully saturated rings. The molecule has 0 bridgehead atoms. The fraction of sp³-hybridized carbons (Fsp3) is 0.0556. The number of nitrogens with zero attached hydrogens (tertiary/aromatic N) is 2. The highest BCUT2D eigenvalue weighted by molar-refractivity contribution is 6.09. The average molecular weight is 303 g/mol. The zero-order chi connectivity index (χ0) is 15.8. The number of hydrogen-bond acceptors (Lipinski definition) is 4. The number of hydrogen-bond donors (Lipinski definition) is 1. The number of para-hydroxylation sites is 1. The van der Waals surface area contributed by atoms with Gasteiger partial charge in [-0.3, -0.25) is 9.78 Å². The second-order valence-corrected chi connectivity index (χ2v) is 5.25. The summed E-state index contributed by atoms with van der Waals surface area (Å²) >= 11 is 0. The standard InChI is InChI=1S/C18H13N3O2/c1-11-20-14-8-7-13(10-16(14)23-11)18(22)21-15-6-2-4-12-5-3-9-19-17(12)15/h2-10H,1H3,(H,21,22). The summed E-state index contributed by atoms with van der Waals surface area (Å²) in [4.78, 5) is 21.1. The van der Waals surface area contributed by atoms with Crippen molar-refractivity contribution in [3.63, 3.8) is 0 Å². The third-order valence-corrected chi connectivity index (χ3v) is 3.64. The van der Waals surface area contributed by atoms with Gasteiger partial charge < -0.3 is 9.73 Å². The summed E-state index contributed by atoms with van der Waals surface area (Å²) < 4.78 is 5.48. The molecule has 1 amide bonds. The van der Waals surface area contributed by atoms with Crippen LogP contribution in [-0.2, 0) is 0 Å². The van der Waals surface area contributed by atoms with Gasteiger partial charge in [-0.05, 0) is 30.3 Å². The van der Waals surface area contributed by atoms with Gasteiger partial charge in [-0.25, -0.2) is 4.98 Å². The van der Waals surface area contributed by atoms with Crippen molar-refractivity contribution in [1.29, 1.82) is 0 Å². The van der Waals surface area contributed by atoms with E-state index in [1.165, 1.54) is 0 Å². The van der Waals surface area contributed by atoms with Gasteiger partial charge in [-0.15, -0.1) is 0 Å². The quantitative estimate of drug-likeness (QED) is 0.609. The summed E-state index contributed by atoms with van der Waals surface area (Å²) in [5.74, 6) is 0.370. The van der Waals surface area contributed by atoms with Gasteiger partial charge in [0, 0.05) is 24.1 Å². The first-order valence-corrected chi connectivity index (χ1v) is 7.23. The Morgan fingerprint density at radius 2 is 2.00 bits per heavy atom. The monoisotopic (exact) mass is 303 g/mol. The van der Waals surface area contributed by atoms with Gasteiger partial charge in [0.05, 0.1) is 11.2 Å². The summed E-state index contributed by atoms with van der Waals surface area (Å²) in [6.07, 6.45) is 1.71. The Morgan fingerprint density at radius 1 is 1.13 bits per heavy atom. The molecule has 112 valence electrons. The van der Waals surface area contributed by atoms with Crippen LogP contribution in [0.15, 0.2) is 59.1 Å². The van der Waals surface area contributed by atoms with Crippen LogP contribution in [0.25, 0.3) is 22.0 Å². The number of carbonyl (C=O) groups excluding carboxylic acids is 1. The zero-order valence-electron chi connectivity index (χ0n) is 12.4. The van der Waals surface area contributed by atoms with Crippen molar-refractivity contribution in [2.24, 2.45) is 0 Å². The lowest BCUT2D eigenvalue weighted by molar-refractivity contribution is 0.102. The van der Waals surface area contributed by atoms with Gasteiger partial charge in [-0.2, -0.15) is 0 Å². The molecule has 2 aromatic heterocycles. The van der Waals surface area contributed by atoms with Crippen molar-refractivity contribution < 1.29 is 9.21 Å². The molecular formula is C18H13N3O2. The van der Waals surface area contributed by atoms with E-state index in [9.17, 15) is 4.79 Å². The predicted molar refractivity (Wildman–Crippen MR) is 88.4 cm³/mol. The van der Waals surface area contributed by atoms with Crippen LogP contribution in [0, 0.1) is 6.92 Å². The van der Waals surface area contributed by atoms with Gasteiger partial charge in [-0.1, -0.05) is 18.2 Å². The largest absolute Gasteiger partial charge is 0.441 e. The van der Waals surface area contributed by atoms with E-state index in [1.807, 2.05) is 30.3 Å². The van der Waals surface area contributed by atoms with Gasteiger partial charge in [0.15, 0.2) is 11.5 Å². The Bertz CT molecular complexity index is 1030. The number of rotatable bonds is 2. The molecule has 0 saturated heterocycles. The highest BCUT2D eigenvalue weighted by Gasteiger charge is 2.11. The van der Waals surface area contributed by atoms with Crippen LogP contribution >= 0.6 is 0 Å². The summed E-state index contributed by atoms with van der Waals surface area (Å²) in [6, 6.07) is 14.7. The van der Waals surface area contributed by atoms with E-state index in [0.717, 1.165) is 16.4 Å². The SMILES string of the molecule is Cc1nc2ccc(C(=O)Nc3cccc4cccnc34)cc2o1. The molecule has 5 heteroatoms. The molecule has 0 unspecified atom stereocenters. The molecule has 1 N–H and O–H groups in total. The number of pyridine rings is 1. The van der Waals surface area contributed by atoms with Crippen LogP contribution in [0.4, 0.5) is 5.69 Å². The number of fused-ring (bicyclic) bond motifs is 2. The first-order chi connectivity index (χ1) is 11.2. The Hall–Kier alpha value is -3.21. The lowest BCUT2D eigenvalue weighted by Gasteiger charge is -2.07. The highest BCUT2D eigenvalue weighted by Crippen LogP contribution is 2.22. The molecule has 0 spiro atoms. The molecule has 0 radical (unpaired) electrons. The molecule has 4 rings (SSSR count). The molecule has 2 aromatic carbocycles. The van der Waals surface area contributed by atoms with Crippen LogP contribution in [0.1, 0.15) is 16.2 Å². The molecule has 5 nitrogen and oxygen atoms in total. The number of carbonyl (C=O) groups is 1. The second-order valence-electron chi connectivity index (χ2n) is 5.25. The van der Waals surface area contributed by atoms with E-state index in [0.29, 0.717) is 22.7 Å². The number of aromatic nitrogens is 2. The molecule has 0 aliphatic rings. The number of aryl methyl sites for hydroxylation is 1. The number of oxazole rings is 1. The molecule has 0 aliphatic carbocycles. The molecule has 0 saturated carbocycles. The van der Waals surface area contributed by atoms with E-state index in [2.05, 4.69) is 15.3 Å². The van der Waals surface area contributed by atoms with Gasteiger partial charge in [0.2, 0.25) is 0 Å². The Kier molecular flexibility index (Phi) is 3.05. The molecule has 2 heterocycles. The number of anilines is 1. The summed E-state index contributed by atoms with van der Waals surface area (Å²) in [5.41, 5.74) is 3.31. The zero-order valence-corrected chi connectivity index (χ0v) is 12.4. The summed E-state index contributed by atoms with van der Waals surface area (Å²) in [7, 11) is 0. The fourth-order valence-electron chi connectivity index (χ4n) is 2.58. The van der Waals surface area contributed by atoms with Gasteiger partial charge >= 0.3 is 0 Å². The maximum Gasteiger partial charge on any atom is 0.255 e. The highest BCUT2D eigenvalue weighted by atomic mass is 16.3. The van der Waals surface area contributed by atoms with E-state index < -0.39 is 0 Å². The topological polar surface area (TPSA) is 68.0 Å². The maximum atomic E-state index is 12.5. The van der Waals surface area contributed by atoms with Crippen LogP contribution in [-0.4, -0.2) is 15.9 Å². The molecule has 23 heavy (non-hydrogen) atoms. The Balaban J connectivity index is 1.70. The van der Waals surface area contributed by atoms with Crippen LogP contribution in [0.2, 0.25) is 0 Å². The first-order valence-electron chi connectivity index (χ1n) is 7.23.